The number of benzene rings is 2. The van der Waals surface area contributed by atoms with Gasteiger partial charge in [-0.1, -0.05) is 60.7 Å². The summed E-state index contributed by atoms with van der Waals surface area (Å²) in [6.45, 7) is 2.24. The second-order valence-corrected chi connectivity index (χ2v) is 5.22. The number of imidazole rings is 1. The summed E-state index contributed by atoms with van der Waals surface area (Å²) in [5.74, 6) is 1.05. The van der Waals surface area contributed by atoms with Crippen molar-refractivity contribution in [2.24, 2.45) is 7.05 Å². The van der Waals surface area contributed by atoms with Crippen LogP contribution < -0.4 is 0 Å². The minimum atomic E-state index is -0.249. The van der Waals surface area contributed by atoms with E-state index in [2.05, 4.69) is 65.0 Å². The normalized spacial score (nSPS) is 11.5. The van der Waals surface area contributed by atoms with Gasteiger partial charge in [0.05, 0.1) is 5.41 Å². The summed E-state index contributed by atoms with van der Waals surface area (Å²) in [5, 5.41) is 0. The molecule has 3 aromatic rings. The molecule has 2 nitrogen and oxygen atoms in total. The molecule has 0 amide bonds. The second-order valence-electron chi connectivity index (χ2n) is 5.22. The Morgan fingerprint density at radius 3 is 1.75 bits per heavy atom. The average molecular weight is 262 g/mol. The number of hydrogen-bond donors (Lipinski definition) is 0. The van der Waals surface area contributed by atoms with Crippen LogP contribution in [-0.2, 0) is 12.5 Å². The minimum absolute atomic E-state index is 0.249. The molecular formula is C18H18N2. The summed E-state index contributed by atoms with van der Waals surface area (Å²) in [7, 11) is 2.05. The van der Waals surface area contributed by atoms with Gasteiger partial charge < -0.3 is 4.57 Å². The van der Waals surface area contributed by atoms with Crippen LogP contribution in [0.2, 0.25) is 0 Å². The third-order valence-electron chi connectivity index (χ3n) is 3.97. The first-order valence-corrected chi connectivity index (χ1v) is 6.82. The number of aryl methyl sites for hydroxylation is 1. The van der Waals surface area contributed by atoms with Crippen LogP contribution in [0.3, 0.4) is 0 Å². The van der Waals surface area contributed by atoms with Crippen molar-refractivity contribution in [2.45, 2.75) is 12.3 Å². The van der Waals surface area contributed by atoms with Crippen molar-refractivity contribution in [3.63, 3.8) is 0 Å². The lowest BCUT2D eigenvalue weighted by Crippen LogP contribution is -2.28. The molecule has 2 aromatic carbocycles. The quantitative estimate of drug-likeness (QED) is 0.702. The zero-order chi connectivity index (χ0) is 14.0. The Hall–Kier alpha value is -2.35. The molecule has 0 radical (unpaired) electrons. The molecule has 100 valence electrons. The van der Waals surface area contributed by atoms with Crippen LogP contribution in [-0.4, -0.2) is 9.55 Å². The Labute approximate surface area is 119 Å². The highest BCUT2D eigenvalue weighted by Gasteiger charge is 2.34. The van der Waals surface area contributed by atoms with Crippen LogP contribution in [0.4, 0.5) is 0 Å². The number of aromatic nitrogens is 2. The molecule has 1 heterocycles. The first kappa shape index (κ1) is 12.7. The molecule has 0 aliphatic heterocycles. The van der Waals surface area contributed by atoms with Gasteiger partial charge >= 0.3 is 0 Å². The van der Waals surface area contributed by atoms with Gasteiger partial charge in [0.25, 0.3) is 0 Å². The summed E-state index contributed by atoms with van der Waals surface area (Å²) in [6.07, 6.45) is 3.86. The van der Waals surface area contributed by atoms with Gasteiger partial charge in [-0.05, 0) is 18.1 Å². The van der Waals surface area contributed by atoms with Gasteiger partial charge in [-0.2, -0.15) is 0 Å². The molecule has 0 bridgehead atoms. The van der Waals surface area contributed by atoms with Crippen LogP contribution in [0.1, 0.15) is 23.9 Å². The van der Waals surface area contributed by atoms with Gasteiger partial charge in [-0.25, -0.2) is 4.98 Å². The first-order valence-electron chi connectivity index (χ1n) is 6.82. The van der Waals surface area contributed by atoms with E-state index in [1.165, 1.54) is 11.1 Å². The van der Waals surface area contributed by atoms with Gasteiger partial charge in [0, 0.05) is 19.4 Å². The highest BCUT2D eigenvalue weighted by Crippen LogP contribution is 2.37. The van der Waals surface area contributed by atoms with Crippen LogP contribution in [0.25, 0.3) is 0 Å². The fourth-order valence-electron chi connectivity index (χ4n) is 2.82. The molecule has 0 atom stereocenters. The lowest BCUT2D eigenvalue weighted by Gasteiger charge is -2.30. The van der Waals surface area contributed by atoms with Crippen LogP contribution in [0.5, 0.6) is 0 Å². The van der Waals surface area contributed by atoms with Crippen LogP contribution >= 0.6 is 0 Å². The lowest BCUT2D eigenvalue weighted by molar-refractivity contribution is 0.601. The SMILES string of the molecule is Cn1ccnc1C(C)(c1ccccc1)c1ccccc1. The summed E-state index contributed by atoms with van der Waals surface area (Å²) >= 11 is 0. The maximum atomic E-state index is 4.60. The fourth-order valence-corrected chi connectivity index (χ4v) is 2.82. The van der Waals surface area contributed by atoms with Crippen molar-refractivity contribution < 1.29 is 0 Å². The Morgan fingerprint density at radius 2 is 1.35 bits per heavy atom. The van der Waals surface area contributed by atoms with E-state index in [0.717, 1.165) is 5.82 Å². The van der Waals surface area contributed by atoms with Crippen LogP contribution in [0, 0.1) is 0 Å². The third kappa shape index (κ3) is 1.94. The van der Waals surface area contributed by atoms with E-state index in [1.54, 1.807) is 0 Å². The van der Waals surface area contributed by atoms with Gasteiger partial charge in [-0.15, -0.1) is 0 Å². The van der Waals surface area contributed by atoms with Crippen molar-refractivity contribution in [2.75, 3.05) is 0 Å². The molecule has 0 unspecified atom stereocenters. The Bertz CT molecular complexity index is 644. The summed E-state index contributed by atoms with van der Waals surface area (Å²) in [4.78, 5) is 4.60. The van der Waals surface area contributed by atoms with Crippen molar-refractivity contribution in [1.82, 2.24) is 9.55 Å². The van der Waals surface area contributed by atoms with Gasteiger partial charge in [0.15, 0.2) is 0 Å². The van der Waals surface area contributed by atoms with Gasteiger partial charge in [0.1, 0.15) is 5.82 Å². The molecule has 0 saturated carbocycles. The van der Waals surface area contributed by atoms with E-state index in [4.69, 9.17) is 0 Å². The monoisotopic (exact) mass is 262 g/mol. The average Bonchev–Trinajstić information content (AvgIpc) is 2.95. The fraction of sp³-hybridized carbons (Fsp3) is 0.167. The molecule has 0 fully saturated rings. The predicted molar refractivity (Wildman–Crippen MR) is 81.6 cm³/mol. The maximum absolute atomic E-state index is 4.60. The Morgan fingerprint density at radius 1 is 0.850 bits per heavy atom. The number of nitrogens with zero attached hydrogens (tertiary/aromatic N) is 2. The standard InChI is InChI=1S/C18H18N2/c1-18(15-9-5-3-6-10-15,16-11-7-4-8-12-16)17-19-13-14-20(17)2/h3-14H,1-2H3. The molecule has 0 saturated heterocycles. The Kier molecular flexibility index (Phi) is 3.15. The zero-order valence-electron chi connectivity index (χ0n) is 11.8. The molecule has 3 rings (SSSR count). The second kappa shape index (κ2) is 4.97. The third-order valence-corrected chi connectivity index (χ3v) is 3.97. The molecular weight excluding hydrogens is 244 g/mol. The zero-order valence-corrected chi connectivity index (χ0v) is 11.8. The van der Waals surface area contributed by atoms with Gasteiger partial charge in [-0.3, -0.25) is 0 Å². The molecule has 0 spiro atoms. The largest absolute Gasteiger partial charge is 0.337 e. The first-order chi connectivity index (χ1) is 9.73. The highest BCUT2D eigenvalue weighted by atomic mass is 15.0. The van der Waals surface area contributed by atoms with Crippen LogP contribution in [0.15, 0.2) is 73.1 Å². The molecule has 0 aliphatic rings. The van der Waals surface area contributed by atoms with E-state index in [1.807, 2.05) is 31.6 Å². The number of rotatable bonds is 3. The predicted octanol–water partition coefficient (Wildman–Crippen LogP) is 3.77. The van der Waals surface area contributed by atoms with E-state index in [0.29, 0.717) is 0 Å². The lowest BCUT2D eigenvalue weighted by atomic mass is 9.75. The summed E-state index contributed by atoms with van der Waals surface area (Å²) in [6, 6.07) is 21.1. The van der Waals surface area contributed by atoms with Crippen molar-refractivity contribution in [3.8, 4) is 0 Å². The van der Waals surface area contributed by atoms with E-state index in [-0.39, 0.29) is 5.41 Å². The van der Waals surface area contributed by atoms with Crippen molar-refractivity contribution >= 4 is 0 Å². The van der Waals surface area contributed by atoms with E-state index >= 15 is 0 Å². The molecule has 20 heavy (non-hydrogen) atoms. The highest BCUT2D eigenvalue weighted by molar-refractivity contribution is 5.45. The van der Waals surface area contributed by atoms with Crippen molar-refractivity contribution in [1.29, 1.82) is 0 Å². The summed E-state index contributed by atoms with van der Waals surface area (Å²) < 4.78 is 2.10. The topological polar surface area (TPSA) is 17.8 Å². The molecule has 0 N–H and O–H groups in total. The van der Waals surface area contributed by atoms with Crippen molar-refractivity contribution in [3.05, 3.63) is 90.0 Å². The Balaban J connectivity index is 2.27. The smallest absolute Gasteiger partial charge is 0.123 e. The van der Waals surface area contributed by atoms with Gasteiger partial charge in [0.2, 0.25) is 0 Å². The minimum Gasteiger partial charge on any atom is -0.337 e. The molecule has 2 heteroatoms. The van der Waals surface area contributed by atoms with E-state index in [9.17, 15) is 0 Å². The molecule has 0 aliphatic carbocycles. The van der Waals surface area contributed by atoms with E-state index < -0.39 is 0 Å². The molecule has 1 aromatic heterocycles. The maximum Gasteiger partial charge on any atom is 0.123 e. The summed E-state index contributed by atoms with van der Waals surface area (Å²) in [5.41, 5.74) is 2.25. The number of hydrogen-bond acceptors (Lipinski definition) is 1.